The van der Waals surface area contributed by atoms with Gasteiger partial charge in [0, 0.05) is 12.8 Å². The van der Waals surface area contributed by atoms with Gasteiger partial charge in [0.2, 0.25) is 0 Å². The lowest BCUT2D eigenvalue weighted by Crippen LogP contribution is -2.59. The van der Waals surface area contributed by atoms with Crippen molar-refractivity contribution in [3.8, 4) is 0 Å². The number of unbranched alkanes of at least 4 members (excludes halogenated alkanes) is 22. The van der Waals surface area contributed by atoms with Gasteiger partial charge in [0.05, 0.1) is 13.2 Å². The summed E-state index contributed by atoms with van der Waals surface area (Å²) >= 11 is 0. The first-order chi connectivity index (χ1) is 26.8. The lowest BCUT2D eigenvalue weighted by Gasteiger charge is -2.39. The summed E-state index contributed by atoms with van der Waals surface area (Å²) in [6.07, 6.45) is 31.9. The van der Waals surface area contributed by atoms with Crippen molar-refractivity contribution < 1.29 is 49.0 Å². The molecule has 1 aliphatic rings. The monoisotopic (exact) mass is 783 g/mol. The van der Waals surface area contributed by atoms with Gasteiger partial charge in [-0.05, 0) is 64.2 Å². The number of allylic oxidation sites excluding steroid dienone is 4. The van der Waals surface area contributed by atoms with Crippen molar-refractivity contribution in [3.05, 3.63) is 24.3 Å². The second-order valence-electron chi connectivity index (χ2n) is 15.5. The number of ether oxygens (including phenoxy) is 4. The van der Waals surface area contributed by atoms with Crippen molar-refractivity contribution >= 4 is 11.9 Å². The summed E-state index contributed by atoms with van der Waals surface area (Å²) in [5.74, 6) is -0.846. The summed E-state index contributed by atoms with van der Waals surface area (Å²) in [6, 6.07) is 0. The van der Waals surface area contributed by atoms with Gasteiger partial charge in [-0.25, -0.2) is 0 Å². The third-order valence-corrected chi connectivity index (χ3v) is 10.3. The molecule has 0 aromatic heterocycles. The van der Waals surface area contributed by atoms with Gasteiger partial charge in [0.15, 0.2) is 12.4 Å². The number of esters is 2. The van der Waals surface area contributed by atoms with Crippen LogP contribution in [-0.4, -0.2) is 89.0 Å². The number of carbonyl (C=O) groups excluding carboxylic acids is 2. The van der Waals surface area contributed by atoms with Crippen LogP contribution in [-0.2, 0) is 28.5 Å². The Bertz CT molecular complexity index is 954. The minimum absolute atomic E-state index is 0.199. The molecule has 1 aliphatic heterocycles. The fourth-order valence-corrected chi connectivity index (χ4v) is 6.71. The summed E-state index contributed by atoms with van der Waals surface area (Å²) in [6.45, 7) is 3.39. The molecular weight excluding hydrogens is 700 g/mol. The standard InChI is InChI=1S/C45H82O10/c1-3-5-7-9-11-13-15-17-19-21-23-25-27-29-31-33-40(47)52-36-38(37-53-45-44(51)43(50)42(49)39(35-46)55-45)54-41(48)34-32-30-28-26-24-22-20-18-16-14-12-10-8-6-4-2/h21,23-24,26,38-39,42-46,49-51H,3-20,22,25,27-37H2,1-2H3/b23-21+,26-24+/t38-,39-,42+,43?,44?,45-/m0/s1. The van der Waals surface area contributed by atoms with Crippen LogP contribution in [0, 0.1) is 0 Å². The Balaban J connectivity index is 2.36. The first kappa shape index (κ1) is 51.2. The van der Waals surface area contributed by atoms with Crippen molar-refractivity contribution in [2.24, 2.45) is 0 Å². The average molecular weight is 783 g/mol. The topological polar surface area (TPSA) is 152 Å². The van der Waals surface area contributed by atoms with E-state index in [1.54, 1.807) is 0 Å². The first-order valence-corrected chi connectivity index (χ1v) is 22.4. The molecule has 1 saturated heterocycles. The van der Waals surface area contributed by atoms with Crippen molar-refractivity contribution in [1.82, 2.24) is 0 Å². The maximum absolute atomic E-state index is 12.7. The number of aliphatic hydroxyl groups is 4. The van der Waals surface area contributed by atoms with E-state index in [1.807, 2.05) is 0 Å². The summed E-state index contributed by atoms with van der Waals surface area (Å²) in [5.41, 5.74) is 0. The zero-order valence-corrected chi connectivity index (χ0v) is 34.9. The van der Waals surface area contributed by atoms with E-state index in [0.29, 0.717) is 12.8 Å². The van der Waals surface area contributed by atoms with E-state index in [9.17, 15) is 30.0 Å². The lowest BCUT2D eigenvalue weighted by molar-refractivity contribution is -0.305. The highest BCUT2D eigenvalue weighted by molar-refractivity contribution is 5.70. The van der Waals surface area contributed by atoms with E-state index in [-0.39, 0.29) is 26.1 Å². The molecule has 0 saturated carbocycles. The molecule has 0 amide bonds. The Morgan fingerprint density at radius 2 is 0.964 bits per heavy atom. The van der Waals surface area contributed by atoms with Gasteiger partial charge in [0.25, 0.3) is 0 Å². The molecule has 0 aromatic rings. The number of rotatable bonds is 37. The maximum Gasteiger partial charge on any atom is 0.306 e. The summed E-state index contributed by atoms with van der Waals surface area (Å²) in [5, 5.41) is 40.0. The number of aliphatic hydroxyl groups excluding tert-OH is 4. The Kier molecular flexibility index (Phi) is 34.0. The molecule has 55 heavy (non-hydrogen) atoms. The van der Waals surface area contributed by atoms with Crippen LogP contribution in [0.15, 0.2) is 24.3 Å². The largest absolute Gasteiger partial charge is 0.462 e. The van der Waals surface area contributed by atoms with Crippen LogP contribution in [0.4, 0.5) is 0 Å². The molecule has 322 valence electrons. The quantitative estimate of drug-likeness (QED) is 0.0273. The van der Waals surface area contributed by atoms with Crippen LogP contribution >= 0.6 is 0 Å². The van der Waals surface area contributed by atoms with Crippen molar-refractivity contribution in [1.29, 1.82) is 0 Å². The fraction of sp³-hybridized carbons (Fsp3) is 0.867. The van der Waals surface area contributed by atoms with E-state index in [4.69, 9.17) is 18.9 Å². The highest BCUT2D eigenvalue weighted by atomic mass is 16.7. The van der Waals surface area contributed by atoms with Gasteiger partial charge in [-0.2, -0.15) is 0 Å². The van der Waals surface area contributed by atoms with Gasteiger partial charge < -0.3 is 39.4 Å². The molecule has 0 radical (unpaired) electrons. The van der Waals surface area contributed by atoms with Crippen LogP contribution in [0.1, 0.15) is 194 Å². The highest BCUT2D eigenvalue weighted by Gasteiger charge is 2.44. The zero-order valence-electron chi connectivity index (χ0n) is 34.9. The Morgan fingerprint density at radius 1 is 0.545 bits per heavy atom. The molecule has 0 aromatic carbocycles. The molecule has 6 atom stereocenters. The molecule has 0 bridgehead atoms. The smallest absolute Gasteiger partial charge is 0.306 e. The van der Waals surface area contributed by atoms with E-state index >= 15 is 0 Å². The van der Waals surface area contributed by atoms with E-state index < -0.39 is 55.4 Å². The SMILES string of the molecule is CCCCCCCCCC/C=C/CCCCCC(=O)OC[C@@H](CO[C@H]1O[C@@H](CO)[C@@H](O)C(O)C1O)OC(=O)CCCC/C=C/CCCCCCCCCCC. The van der Waals surface area contributed by atoms with E-state index in [2.05, 4.69) is 38.2 Å². The second kappa shape index (κ2) is 36.5. The number of carbonyl (C=O) groups is 2. The molecule has 2 unspecified atom stereocenters. The normalized spacial score (nSPS) is 20.7. The van der Waals surface area contributed by atoms with E-state index in [0.717, 1.165) is 44.9 Å². The van der Waals surface area contributed by atoms with Crippen LogP contribution in [0.2, 0.25) is 0 Å². The Hall–Kier alpha value is -1.82. The molecule has 0 spiro atoms. The lowest BCUT2D eigenvalue weighted by atomic mass is 9.99. The molecule has 1 fully saturated rings. The highest BCUT2D eigenvalue weighted by Crippen LogP contribution is 2.22. The summed E-state index contributed by atoms with van der Waals surface area (Å²) in [4.78, 5) is 25.3. The maximum atomic E-state index is 12.7. The Morgan fingerprint density at radius 3 is 1.45 bits per heavy atom. The fourth-order valence-electron chi connectivity index (χ4n) is 6.71. The van der Waals surface area contributed by atoms with Gasteiger partial charge in [-0.3, -0.25) is 9.59 Å². The molecule has 0 aliphatic carbocycles. The molecule has 4 N–H and O–H groups in total. The average Bonchev–Trinajstić information content (AvgIpc) is 3.18. The molecule has 10 nitrogen and oxygen atoms in total. The van der Waals surface area contributed by atoms with Gasteiger partial charge in [-0.1, -0.05) is 141 Å². The molecule has 1 rings (SSSR count). The van der Waals surface area contributed by atoms with Crippen molar-refractivity contribution in [3.63, 3.8) is 0 Å². The van der Waals surface area contributed by atoms with Gasteiger partial charge in [0.1, 0.15) is 31.0 Å². The number of hydrogen-bond donors (Lipinski definition) is 4. The van der Waals surface area contributed by atoms with Crippen LogP contribution in [0.3, 0.4) is 0 Å². The minimum Gasteiger partial charge on any atom is -0.462 e. The third kappa shape index (κ3) is 28.3. The molecular formula is C45H82O10. The zero-order chi connectivity index (χ0) is 40.2. The van der Waals surface area contributed by atoms with E-state index in [1.165, 1.54) is 109 Å². The van der Waals surface area contributed by atoms with Crippen molar-refractivity contribution in [2.75, 3.05) is 19.8 Å². The predicted octanol–water partition coefficient (Wildman–Crippen LogP) is 9.33. The summed E-state index contributed by atoms with van der Waals surface area (Å²) < 4.78 is 22.1. The third-order valence-electron chi connectivity index (χ3n) is 10.3. The van der Waals surface area contributed by atoms with Crippen LogP contribution in [0.5, 0.6) is 0 Å². The van der Waals surface area contributed by atoms with Crippen LogP contribution in [0.25, 0.3) is 0 Å². The number of hydrogen-bond acceptors (Lipinski definition) is 10. The molecule has 1 heterocycles. The minimum atomic E-state index is -1.60. The van der Waals surface area contributed by atoms with Gasteiger partial charge in [-0.15, -0.1) is 0 Å². The first-order valence-electron chi connectivity index (χ1n) is 22.4. The van der Waals surface area contributed by atoms with Crippen LogP contribution < -0.4 is 0 Å². The Labute approximate surface area is 334 Å². The predicted molar refractivity (Wildman–Crippen MR) is 219 cm³/mol. The van der Waals surface area contributed by atoms with Crippen molar-refractivity contribution in [2.45, 2.75) is 230 Å². The molecule has 10 heteroatoms. The van der Waals surface area contributed by atoms with Gasteiger partial charge >= 0.3 is 11.9 Å². The summed E-state index contributed by atoms with van der Waals surface area (Å²) in [7, 11) is 0. The second-order valence-corrected chi connectivity index (χ2v) is 15.5.